The molecule has 0 bridgehead atoms. The Labute approximate surface area is 189 Å². The van der Waals surface area contributed by atoms with Gasteiger partial charge in [-0.1, -0.05) is 24.6 Å². The van der Waals surface area contributed by atoms with Crippen molar-refractivity contribution in [2.45, 2.75) is 40.5 Å². The van der Waals surface area contributed by atoms with Crippen LogP contribution in [0.15, 0.2) is 30.3 Å². The molecule has 7 heteroatoms. The van der Waals surface area contributed by atoms with Crippen LogP contribution in [0.25, 0.3) is 0 Å². The molecule has 0 radical (unpaired) electrons. The van der Waals surface area contributed by atoms with Gasteiger partial charge in [0.25, 0.3) is 5.91 Å². The van der Waals surface area contributed by atoms with E-state index in [1.165, 1.54) is 0 Å². The van der Waals surface area contributed by atoms with Gasteiger partial charge in [-0.2, -0.15) is 0 Å². The van der Waals surface area contributed by atoms with Crippen molar-refractivity contribution in [2.75, 3.05) is 33.0 Å². The molecular formula is C24H32ClNO5. The lowest BCUT2D eigenvalue weighted by Gasteiger charge is -2.15. The molecule has 0 aliphatic rings. The zero-order valence-corrected chi connectivity index (χ0v) is 19.5. The van der Waals surface area contributed by atoms with E-state index in [1.54, 1.807) is 12.1 Å². The van der Waals surface area contributed by atoms with Crippen LogP contribution in [0.1, 0.15) is 50.0 Å². The Kier molecular flexibility index (Phi) is 10.3. The molecule has 6 nitrogen and oxygen atoms in total. The summed E-state index contributed by atoms with van der Waals surface area (Å²) in [5, 5.41) is 3.29. The minimum Gasteiger partial charge on any atom is -0.490 e. The molecule has 2 aromatic rings. The minimum absolute atomic E-state index is 0.221. The Bertz CT molecular complexity index is 856. The summed E-state index contributed by atoms with van der Waals surface area (Å²) in [7, 11) is 0. The smallest absolute Gasteiger partial charge is 0.251 e. The Morgan fingerprint density at radius 3 is 2.23 bits per heavy atom. The van der Waals surface area contributed by atoms with Crippen LogP contribution in [0.2, 0.25) is 5.02 Å². The number of carbonyl (C=O) groups is 1. The van der Waals surface area contributed by atoms with Crippen molar-refractivity contribution in [1.29, 1.82) is 0 Å². The summed E-state index contributed by atoms with van der Waals surface area (Å²) in [6.07, 6.45) is 1.50. The maximum absolute atomic E-state index is 12.7. The third-order valence-electron chi connectivity index (χ3n) is 4.33. The number of carbonyl (C=O) groups excluding carboxylic acids is 1. The zero-order chi connectivity index (χ0) is 22.6. The number of rotatable bonds is 13. The SMILES string of the molecule is CCCOc1c(Cl)cc(C(=O)NCCc2ccc(OCC)c(OCC)c2)cc1OCC. The van der Waals surface area contributed by atoms with Crippen LogP contribution in [0, 0.1) is 0 Å². The Morgan fingerprint density at radius 2 is 1.55 bits per heavy atom. The maximum Gasteiger partial charge on any atom is 0.251 e. The predicted molar refractivity (Wildman–Crippen MR) is 123 cm³/mol. The Morgan fingerprint density at radius 1 is 0.871 bits per heavy atom. The van der Waals surface area contributed by atoms with E-state index < -0.39 is 0 Å². The molecule has 2 rings (SSSR count). The lowest BCUT2D eigenvalue weighted by Crippen LogP contribution is -2.25. The van der Waals surface area contributed by atoms with E-state index in [1.807, 2.05) is 45.9 Å². The van der Waals surface area contributed by atoms with Crippen LogP contribution in [0.4, 0.5) is 0 Å². The molecule has 0 atom stereocenters. The number of hydrogen-bond donors (Lipinski definition) is 1. The monoisotopic (exact) mass is 449 g/mol. The number of hydrogen-bond acceptors (Lipinski definition) is 5. The largest absolute Gasteiger partial charge is 0.490 e. The summed E-state index contributed by atoms with van der Waals surface area (Å²) in [6.45, 7) is 10.3. The van der Waals surface area contributed by atoms with Crippen LogP contribution in [-0.4, -0.2) is 38.9 Å². The van der Waals surface area contributed by atoms with E-state index in [0.717, 1.165) is 17.7 Å². The summed E-state index contributed by atoms with van der Waals surface area (Å²) >= 11 is 6.36. The molecule has 0 saturated carbocycles. The fourth-order valence-corrected chi connectivity index (χ4v) is 3.24. The average molecular weight is 450 g/mol. The number of nitrogens with one attached hydrogen (secondary N) is 1. The quantitative estimate of drug-likeness (QED) is 0.449. The van der Waals surface area contributed by atoms with Gasteiger partial charge in [0.2, 0.25) is 0 Å². The second-order valence-corrected chi connectivity index (χ2v) is 7.13. The van der Waals surface area contributed by atoms with Gasteiger partial charge in [0, 0.05) is 12.1 Å². The molecule has 0 unspecified atom stereocenters. The zero-order valence-electron chi connectivity index (χ0n) is 18.8. The Balaban J connectivity index is 2.04. The normalized spacial score (nSPS) is 10.5. The van der Waals surface area contributed by atoms with Gasteiger partial charge >= 0.3 is 0 Å². The molecule has 170 valence electrons. The van der Waals surface area contributed by atoms with Crippen molar-refractivity contribution >= 4 is 17.5 Å². The first-order chi connectivity index (χ1) is 15.0. The van der Waals surface area contributed by atoms with Crippen molar-refractivity contribution in [3.63, 3.8) is 0 Å². The molecule has 0 aliphatic heterocycles. The summed E-state index contributed by atoms with van der Waals surface area (Å²) in [5.41, 5.74) is 1.47. The van der Waals surface area contributed by atoms with E-state index in [-0.39, 0.29) is 5.91 Å². The molecule has 0 saturated heterocycles. The van der Waals surface area contributed by atoms with Crippen molar-refractivity contribution in [3.8, 4) is 23.0 Å². The van der Waals surface area contributed by atoms with Crippen molar-refractivity contribution < 1.29 is 23.7 Å². The molecule has 2 aromatic carbocycles. The number of halogens is 1. The summed E-state index contributed by atoms with van der Waals surface area (Å²) in [6, 6.07) is 9.09. The van der Waals surface area contributed by atoms with Gasteiger partial charge in [0.15, 0.2) is 23.0 Å². The van der Waals surface area contributed by atoms with E-state index in [0.29, 0.717) is 67.2 Å². The average Bonchev–Trinajstić information content (AvgIpc) is 2.75. The molecule has 0 heterocycles. The van der Waals surface area contributed by atoms with E-state index in [9.17, 15) is 4.79 Å². The van der Waals surface area contributed by atoms with Crippen molar-refractivity contribution in [3.05, 3.63) is 46.5 Å². The van der Waals surface area contributed by atoms with Crippen LogP contribution in [0.3, 0.4) is 0 Å². The minimum atomic E-state index is -0.221. The molecular weight excluding hydrogens is 418 g/mol. The van der Waals surface area contributed by atoms with E-state index >= 15 is 0 Å². The van der Waals surface area contributed by atoms with Crippen LogP contribution in [0.5, 0.6) is 23.0 Å². The Hall–Kier alpha value is -2.60. The first kappa shape index (κ1) is 24.7. The highest BCUT2D eigenvalue weighted by Crippen LogP contribution is 2.37. The fourth-order valence-electron chi connectivity index (χ4n) is 2.98. The van der Waals surface area contributed by atoms with Crippen molar-refractivity contribution in [1.82, 2.24) is 5.32 Å². The van der Waals surface area contributed by atoms with Gasteiger partial charge in [-0.25, -0.2) is 0 Å². The highest BCUT2D eigenvalue weighted by molar-refractivity contribution is 6.32. The van der Waals surface area contributed by atoms with Crippen molar-refractivity contribution in [2.24, 2.45) is 0 Å². The number of amides is 1. The summed E-state index contributed by atoms with van der Waals surface area (Å²) in [5.74, 6) is 2.16. The standard InChI is InChI=1S/C24H32ClNO5/c1-5-13-31-23-19(25)15-18(16-22(23)30-8-4)24(27)26-12-11-17-9-10-20(28-6-2)21(14-17)29-7-3/h9-10,14-16H,5-8,11-13H2,1-4H3,(H,26,27). The van der Waals surface area contributed by atoms with Gasteiger partial charge < -0.3 is 24.3 Å². The first-order valence-electron chi connectivity index (χ1n) is 10.8. The topological polar surface area (TPSA) is 66.0 Å². The van der Waals surface area contributed by atoms with Gasteiger partial charge in [0.05, 0.1) is 31.5 Å². The lowest BCUT2D eigenvalue weighted by atomic mass is 10.1. The molecule has 0 aliphatic carbocycles. The van der Waals surface area contributed by atoms with Crippen LogP contribution in [-0.2, 0) is 6.42 Å². The molecule has 1 N–H and O–H groups in total. The van der Waals surface area contributed by atoms with Gasteiger partial charge in [-0.3, -0.25) is 4.79 Å². The number of benzene rings is 2. The first-order valence-corrected chi connectivity index (χ1v) is 11.2. The number of ether oxygens (including phenoxy) is 4. The van der Waals surface area contributed by atoms with E-state index in [4.69, 9.17) is 30.5 Å². The summed E-state index contributed by atoms with van der Waals surface area (Å²) < 4.78 is 22.6. The molecule has 0 aromatic heterocycles. The predicted octanol–water partition coefficient (Wildman–Crippen LogP) is 5.30. The maximum atomic E-state index is 12.7. The highest BCUT2D eigenvalue weighted by Gasteiger charge is 2.16. The molecule has 1 amide bonds. The summed E-state index contributed by atoms with van der Waals surface area (Å²) in [4.78, 5) is 12.7. The van der Waals surface area contributed by atoms with Gasteiger partial charge in [0.1, 0.15) is 0 Å². The fraction of sp³-hybridized carbons (Fsp3) is 0.458. The third-order valence-corrected chi connectivity index (χ3v) is 4.61. The second-order valence-electron chi connectivity index (χ2n) is 6.72. The molecule has 31 heavy (non-hydrogen) atoms. The second kappa shape index (κ2) is 13.0. The highest BCUT2D eigenvalue weighted by atomic mass is 35.5. The van der Waals surface area contributed by atoms with Gasteiger partial charge in [-0.05, 0) is 63.4 Å². The van der Waals surface area contributed by atoms with Crippen LogP contribution < -0.4 is 24.3 Å². The van der Waals surface area contributed by atoms with E-state index in [2.05, 4.69) is 5.32 Å². The van der Waals surface area contributed by atoms with Gasteiger partial charge in [-0.15, -0.1) is 0 Å². The van der Waals surface area contributed by atoms with Crippen LogP contribution >= 0.6 is 11.6 Å². The molecule has 0 fully saturated rings. The lowest BCUT2D eigenvalue weighted by molar-refractivity contribution is 0.0953. The molecule has 0 spiro atoms. The third kappa shape index (κ3) is 7.24.